The molecule has 0 bridgehead atoms. The van der Waals surface area contributed by atoms with E-state index in [-0.39, 0.29) is 0 Å². The lowest BCUT2D eigenvalue weighted by atomic mass is 10.0. The van der Waals surface area contributed by atoms with Crippen molar-refractivity contribution in [3.05, 3.63) is 59.2 Å². The zero-order valence-electron chi connectivity index (χ0n) is 12.0. The van der Waals surface area contributed by atoms with Crippen LogP contribution in [0.15, 0.2) is 42.5 Å². The first-order chi connectivity index (χ1) is 9.17. The molecule has 2 rings (SSSR count). The summed E-state index contributed by atoms with van der Waals surface area (Å²) < 4.78 is 0. The van der Waals surface area contributed by atoms with Crippen LogP contribution in [0.4, 0.5) is 11.4 Å². The Bertz CT molecular complexity index is 561. The van der Waals surface area contributed by atoms with Crippen LogP contribution in [0.2, 0.25) is 0 Å². The Hall–Kier alpha value is -1.80. The summed E-state index contributed by atoms with van der Waals surface area (Å²) in [7, 11) is 2.12. The summed E-state index contributed by atoms with van der Waals surface area (Å²) in [5.74, 6) is 0. The average molecular weight is 254 g/mol. The molecule has 19 heavy (non-hydrogen) atoms. The summed E-state index contributed by atoms with van der Waals surface area (Å²) in [6.07, 6.45) is 1.04. The maximum atomic E-state index is 5.72. The van der Waals surface area contributed by atoms with Crippen molar-refractivity contribution in [2.45, 2.75) is 26.8 Å². The van der Waals surface area contributed by atoms with Crippen LogP contribution in [0, 0.1) is 6.92 Å². The third kappa shape index (κ3) is 2.79. The second-order valence-corrected chi connectivity index (χ2v) is 4.87. The van der Waals surface area contributed by atoms with Crippen molar-refractivity contribution in [3.63, 3.8) is 0 Å². The van der Waals surface area contributed by atoms with Gasteiger partial charge in [0.2, 0.25) is 0 Å². The first-order valence-corrected chi connectivity index (χ1v) is 6.78. The van der Waals surface area contributed by atoms with Gasteiger partial charge in [-0.15, -0.1) is 0 Å². The Morgan fingerprint density at radius 3 is 2.53 bits per heavy atom. The first-order valence-electron chi connectivity index (χ1n) is 6.78. The van der Waals surface area contributed by atoms with E-state index in [2.05, 4.69) is 68.3 Å². The molecule has 0 saturated heterocycles. The Kier molecular flexibility index (Phi) is 4.23. The van der Waals surface area contributed by atoms with Gasteiger partial charge in [-0.25, -0.2) is 0 Å². The minimum absolute atomic E-state index is 0.579. The minimum atomic E-state index is 0.579. The average Bonchev–Trinajstić information content (AvgIpc) is 2.46. The third-order valence-electron chi connectivity index (χ3n) is 3.57. The molecular weight excluding hydrogens is 232 g/mol. The van der Waals surface area contributed by atoms with E-state index in [1.165, 1.54) is 22.5 Å². The summed E-state index contributed by atoms with van der Waals surface area (Å²) in [5, 5.41) is 0. The van der Waals surface area contributed by atoms with Crippen molar-refractivity contribution in [2.75, 3.05) is 11.9 Å². The largest absolute Gasteiger partial charge is 0.344 e. The van der Waals surface area contributed by atoms with E-state index in [1.807, 2.05) is 0 Å². The zero-order valence-corrected chi connectivity index (χ0v) is 12.0. The van der Waals surface area contributed by atoms with E-state index < -0.39 is 0 Å². The highest BCUT2D eigenvalue weighted by Gasteiger charge is 2.11. The van der Waals surface area contributed by atoms with Crippen LogP contribution < -0.4 is 10.6 Å². The molecule has 0 unspecified atom stereocenters. The van der Waals surface area contributed by atoms with Gasteiger partial charge in [-0.2, -0.15) is 0 Å². The number of aryl methyl sites for hydroxylation is 2. The number of rotatable bonds is 4. The van der Waals surface area contributed by atoms with E-state index in [4.69, 9.17) is 5.73 Å². The predicted molar refractivity (Wildman–Crippen MR) is 83.0 cm³/mol. The molecule has 0 radical (unpaired) electrons. The maximum absolute atomic E-state index is 5.72. The van der Waals surface area contributed by atoms with Crippen LogP contribution >= 0.6 is 0 Å². The molecular formula is C17H22N2. The Morgan fingerprint density at radius 2 is 1.84 bits per heavy atom. The molecule has 0 heterocycles. The van der Waals surface area contributed by atoms with E-state index >= 15 is 0 Å². The monoisotopic (exact) mass is 254 g/mol. The first kappa shape index (κ1) is 13.6. The fourth-order valence-corrected chi connectivity index (χ4v) is 2.51. The predicted octanol–water partition coefficient (Wildman–Crippen LogP) is 3.78. The summed E-state index contributed by atoms with van der Waals surface area (Å²) in [5.41, 5.74) is 12.1. The highest BCUT2D eigenvalue weighted by atomic mass is 15.1. The molecule has 0 aromatic heterocycles. The van der Waals surface area contributed by atoms with Crippen LogP contribution in [0.1, 0.15) is 23.6 Å². The molecule has 0 spiro atoms. The highest BCUT2D eigenvalue weighted by molar-refractivity contribution is 5.69. The lowest BCUT2D eigenvalue weighted by Gasteiger charge is -2.25. The number of nitrogens with zero attached hydrogens (tertiary/aromatic N) is 1. The number of hydrogen-bond donors (Lipinski definition) is 1. The van der Waals surface area contributed by atoms with Crippen molar-refractivity contribution in [3.8, 4) is 0 Å². The van der Waals surface area contributed by atoms with Gasteiger partial charge in [0.15, 0.2) is 0 Å². The standard InChI is InChI=1S/C17H22N2/c1-4-15-9-5-7-13(2)17(15)19(3)16-10-6-8-14(11-16)12-18/h5-11H,4,12,18H2,1-3H3. The van der Waals surface area contributed by atoms with E-state index in [1.54, 1.807) is 0 Å². The smallest absolute Gasteiger partial charge is 0.0470 e. The topological polar surface area (TPSA) is 29.3 Å². The van der Waals surface area contributed by atoms with Crippen molar-refractivity contribution >= 4 is 11.4 Å². The van der Waals surface area contributed by atoms with Crippen LogP contribution in [0.25, 0.3) is 0 Å². The second-order valence-electron chi connectivity index (χ2n) is 4.87. The van der Waals surface area contributed by atoms with Gasteiger partial charge < -0.3 is 10.6 Å². The quantitative estimate of drug-likeness (QED) is 0.899. The molecule has 2 aromatic carbocycles. The molecule has 0 amide bonds. The number of para-hydroxylation sites is 1. The van der Waals surface area contributed by atoms with Crippen LogP contribution in [-0.2, 0) is 13.0 Å². The van der Waals surface area contributed by atoms with E-state index in [9.17, 15) is 0 Å². The Balaban J connectivity index is 2.46. The second kappa shape index (κ2) is 5.89. The van der Waals surface area contributed by atoms with Gasteiger partial charge in [0, 0.05) is 25.0 Å². The van der Waals surface area contributed by atoms with Crippen LogP contribution in [-0.4, -0.2) is 7.05 Å². The molecule has 0 aliphatic rings. The molecule has 2 N–H and O–H groups in total. The highest BCUT2D eigenvalue weighted by Crippen LogP contribution is 2.31. The zero-order chi connectivity index (χ0) is 13.8. The Morgan fingerprint density at radius 1 is 1.11 bits per heavy atom. The number of nitrogens with two attached hydrogens (primary N) is 1. The maximum Gasteiger partial charge on any atom is 0.0470 e. The molecule has 2 aromatic rings. The minimum Gasteiger partial charge on any atom is -0.344 e. The Labute approximate surface area is 115 Å². The number of benzene rings is 2. The van der Waals surface area contributed by atoms with E-state index in [0.29, 0.717) is 6.54 Å². The van der Waals surface area contributed by atoms with Gasteiger partial charge in [-0.3, -0.25) is 0 Å². The molecule has 100 valence electrons. The van der Waals surface area contributed by atoms with Gasteiger partial charge in [0.05, 0.1) is 0 Å². The molecule has 0 aliphatic heterocycles. The summed E-state index contributed by atoms with van der Waals surface area (Å²) in [4.78, 5) is 2.26. The van der Waals surface area contributed by atoms with Crippen LogP contribution in [0.5, 0.6) is 0 Å². The van der Waals surface area contributed by atoms with Gasteiger partial charge in [-0.05, 0) is 42.2 Å². The van der Waals surface area contributed by atoms with Crippen molar-refractivity contribution in [1.82, 2.24) is 0 Å². The fourth-order valence-electron chi connectivity index (χ4n) is 2.51. The summed E-state index contributed by atoms with van der Waals surface area (Å²) in [6.45, 7) is 4.94. The molecule has 2 nitrogen and oxygen atoms in total. The molecule has 2 heteroatoms. The molecule has 0 saturated carbocycles. The SMILES string of the molecule is CCc1cccc(C)c1N(C)c1cccc(CN)c1. The fraction of sp³-hybridized carbons (Fsp3) is 0.294. The van der Waals surface area contributed by atoms with Gasteiger partial charge in [-0.1, -0.05) is 37.3 Å². The lowest BCUT2D eigenvalue weighted by Crippen LogP contribution is -2.13. The lowest BCUT2D eigenvalue weighted by molar-refractivity contribution is 1.05. The molecule has 0 atom stereocenters. The number of hydrogen-bond acceptors (Lipinski definition) is 2. The number of anilines is 2. The van der Waals surface area contributed by atoms with Crippen LogP contribution in [0.3, 0.4) is 0 Å². The summed E-state index contributed by atoms with van der Waals surface area (Å²) >= 11 is 0. The molecule has 0 fully saturated rings. The van der Waals surface area contributed by atoms with Gasteiger partial charge >= 0.3 is 0 Å². The van der Waals surface area contributed by atoms with Gasteiger partial charge in [0.25, 0.3) is 0 Å². The molecule has 0 aliphatic carbocycles. The van der Waals surface area contributed by atoms with Crippen molar-refractivity contribution < 1.29 is 0 Å². The van der Waals surface area contributed by atoms with E-state index in [0.717, 1.165) is 12.0 Å². The van der Waals surface area contributed by atoms with Crippen molar-refractivity contribution in [2.24, 2.45) is 5.73 Å². The van der Waals surface area contributed by atoms with Gasteiger partial charge in [0.1, 0.15) is 0 Å². The third-order valence-corrected chi connectivity index (χ3v) is 3.57. The normalized spacial score (nSPS) is 10.5. The van der Waals surface area contributed by atoms with Crippen molar-refractivity contribution in [1.29, 1.82) is 0 Å². The summed E-state index contributed by atoms with van der Waals surface area (Å²) in [6, 6.07) is 14.9.